The summed E-state index contributed by atoms with van der Waals surface area (Å²) in [6, 6.07) is 5.62. The normalized spacial score (nSPS) is 13.1. The fraction of sp³-hybridized carbons (Fsp3) is 0.444. The first-order valence-corrected chi connectivity index (χ1v) is 8.99. The Hall–Kier alpha value is -2.86. The second-order valence-corrected chi connectivity index (χ2v) is 6.19. The summed E-state index contributed by atoms with van der Waals surface area (Å²) in [5, 5.41) is 15.1. The van der Waals surface area contributed by atoms with Crippen LogP contribution in [0.2, 0.25) is 0 Å². The van der Waals surface area contributed by atoms with Gasteiger partial charge in [0, 0.05) is 12.5 Å². The van der Waals surface area contributed by atoms with Gasteiger partial charge in [0.2, 0.25) is 5.91 Å². The van der Waals surface area contributed by atoms with Gasteiger partial charge in [0.25, 0.3) is 0 Å². The van der Waals surface area contributed by atoms with E-state index in [0.717, 1.165) is 5.56 Å². The zero-order valence-electron chi connectivity index (χ0n) is 15.3. The number of nitrogens with one attached hydrogen (secondary N) is 2. The van der Waals surface area contributed by atoms with Crippen LogP contribution in [0.3, 0.4) is 0 Å². The number of benzene rings is 1. The van der Waals surface area contributed by atoms with Gasteiger partial charge in [-0.05, 0) is 43.6 Å². The van der Waals surface area contributed by atoms with Crippen molar-refractivity contribution in [3.8, 4) is 11.8 Å². The highest BCUT2D eigenvalue weighted by Gasteiger charge is 2.24. The summed E-state index contributed by atoms with van der Waals surface area (Å²) >= 11 is 5.22. The number of thiocarbonyl (C=S) groups is 1. The van der Waals surface area contributed by atoms with Crippen molar-refractivity contribution < 1.29 is 19.1 Å². The lowest BCUT2D eigenvalue weighted by Gasteiger charge is -2.22. The number of nitrogens with zero attached hydrogens (tertiary/aromatic N) is 2. The molecule has 0 bridgehead atoms. The van der Waals surface area contributed by atoms with E-state index in [1.165, 1.54) is 12.0 Å². The molecule has 1 aliphatic heterocycles. The molecule has 0 spiro atoms. The first kappa shape index (κ1) is 20.5. The number of carbonyl (C=O) groups is 2. The molecule has 0 aliphatic carbocycles. The van der Waals surface area contributed by atoms with Crippen LogP contribution in [0.25, 0.3) is 0 Å². The summed E-state index contributed by atoms with van der Waals surface area (Å²) in [6.45, 7) is 1.98. The SMILES string of the molecule is CCOC(=O)CNC(=S)Nc1cc2c(cc1OC)N(CC#N)C(=O)CCC2. The maximum Gasteiger partial charge on any atom is 0.325 e. The van der Waals surface area contributed by atoms with Crippen molar-refractivity contribution in [3.05, 3.63) is 17.7 Å². The van der Waals surface area contributed by atoms with Crippen molar-refractivity contribution in [2.75, 3.05) is 37.0 Å². The van der Waals surface area contributed by atoms with Crippen molar-refractivity contribution >= 4 is 40.6 Å². The van der Waals surface area contributed by atoms with Crippen LogP contribution >= 0.6 is 12.2 Å². The second-order valence-electron chi connectivity index (χ2n) is 5.79. The highest BCUT2D eigenvalue weighted by molar-refractivity contribution is 7.80. The van der Waals surface area contributed by atoms with Gasteiger partial charge in [-0.2, -0.15) is 5.26 Å². The molecule has 0 radical (unpaired) electrons. The predicted molar refractivity (Wildman–Crippen MR) is 105 cm³/mol. The van der Waals surface area contributed by atoms with Crippen LogP contribution in [0.1, 0.15) is 25.3 Å². The van der Waals surface area contributed by atoms with Crippen molar-refractivity contribution in [3.63, 3.8) is 0 Å². The van der Waals surface area contributed by atoms with Gasteiger partial charge < -0.3 is 20.1 Å². The summed E-state index contributed by atoms with van der Waals surface area (Å²) in [6.07, 6.45) is 1.79. The molecule has 0 atom stereocenters. The number of hydrogen-bond acceptors (Lipinski definition) is 6. The number of carbonyl (C=O) groups excluding carboxylic acids is 2. The molecule has 0 unspecified atom stereocenters. The standard InChI is InChI=1S/C18H22N4O4S/c1-3-26-17(24)11-20-18(27)21-13-9-12-5-4-6-16(23)22(8-7-19)14(12)10-15(13)25-2/h9-10H,3-6,8,11H2,1-2H3,(H2,20,21,27). The maximum atomic E-state index is 12.3. The van der Waals surface area contributed by atoms with Gasteiger partial charge in [-0.15, -0.1) is 0 Å². The molecule has 1 aliphatic rings. The highest BCUT2D eigenvalue weighted by atomic mass is 32.1. The van der Waals surface area contributed by atoms with Gasteiger partial charge in [-0.25, -0.2) is 0 Å². The molecule has 0 aromatic heterocycles. The van der Waals surface area contributed by atoms with Gasteiger partial charge in [0.05, 0.1) is 31.2 Å². The molecular formula is C18H22N4O4S. The summed E-state index contributed by atoms with van der Waals surface area (Å²) < 4.78 is 10.3. The lowest BCUT2D eigenvalue weighted by atomic mass is 10.1. The van der Waals surface area contributed by atoms with Crippen LogP contribution < -0.4 is 20.3 Å². The van der Waals surface area contributed by atoms with Crippen LogP contribution in [0.15, 0.2) is 12.1 Å². The minimum absolute atomic E-state index is 0.0126. The molecule has 1 heterocycles. The fourth-order valence-corrected chi connectivity index (χ4v) is 2.99. The fourth-order valence-electron chi connectivity index (χ4n) is 2.81. The number of anilines is 2. The predicted octanol–water partition coefficient (Wildman–Crippen LogP) is 1.74. The second kappa shape index (κ2) is 9.73. The van der Waals surface area contributed by atoms with Crippen LogP contribution in [0.5, 0.6) is 5.75 Å². The van der Waals surface area contributed by atoms with E-state index in [-0.39, 0.29) is 24.1 Å². The Morgan fingerprint density at radius 3 is 2.85 bits per heavy atom. The van der Waals surface area contributed by atoms with Crippen LogP contribution in [-0.4, -0.2) is 43.8 Å². The molecule has 1 aromatic rings. The number of aryl methyl sites for hydroxylation is 1. The number of ether oxygens (including phenoxy) is 2. The number of hydrogen-bond donors (Lipinski definition) is 2. The summed E-state index contributed by atoms with van der Waals surface area (Å²) in [4.78, 5) is 25.2. The van der Waals surface area contributed by atoms with Gasteiger partial charge in [-0.1, -0.05) is 0 Å². The van der Waals surface area contributed by atoms with E-state index in [0.29, 0.717) is 43.0 Å². The summed E-state index contributed by atoms with van der Waals surface area (Å²) in [5.41, 5.74) is 2.21. The Bertz CT molecular complexity index is 775. The summed E-state index contributed by atoms with van der Waals surface area (Å²) in [7, 11) is 1.51. The van der Waals surface area contributed by atoms with Crippen molar-refractivity contribution in [1.29, 1.82) is 5.26 Å². The quantitative estimate of drug-likeness (QED) is 0.430. The van der Waals surface area contributed by atoms with Crippen LogP contribution in [0.4, 0.5) is 11.4 Å². The Morgan fingerprint density at radius 1 is 1.41 bits per heavy atom. The van der Waals surface area contributed by atoms with E-state index in [2.05, 4.69) is 10.6 Å². The first-order chi connectivity index (χ1) is 13.0. The van der Waals surface area contributed by atoms with E-state index in [1.807, 2.05) is 12.1 Å². The number of rotatable bonds is 6. The van der Waals surface area contributed by atoms with Gasteiger partial charge in [-0.3, -0.25) is 14.5 Å². The molecule has 2 N–H and O–H groups in total. The van der Waals surface area contributed by atoms with Crippen molar-refractivity contribution in [2.24, 2.45) is 0 Å². The van der Waals surface area contributed by atoms with Crippen LogP contribution in [0, 0.1) is 11.3 Å². The van der Waals surface area contributed by atoms with Crippen LogP contribution in [-0.2, 0) is 20.7 Å². The minimum Gasteiger partial charge on any atom is -0.494 e. The molecule has 9 heteroatoms. The van der Waals surface area contributed by atoms with Gasteiger partial charge in [0.1, 0.15) is 18.8 Å². The zero-order chi connectivity index (χ0) is 19.8. The molecule has 0 saturated carbocycles. The topological polar surface area (TPSA) is 104 Å². The monoisotopic (exact) mass is 390 g/mol. The summed E-state index contributed by atoms with van der Waals surface area (Å²) in [5.74, 6) is -0.00226. The third-order valence-electron chi connectivity index (χ3n) is 4.00. The van der Waals surface area contributed by atoms with E-state index in [4.69, 9.17) is 27.0 Å². The highest BCUT2D eigenvalue weighted by Crippen LogP contribution is 2.36. The Kier molecular flexibility index (Phi) is 7.37. The molecule has 1 amide bonds. The number of methoxy groups -OCH3 is 1. The Labute approximate surface area is 163 Å². The first-order valence-electron chi connectivity index (χ1n) is 8.58. The Morgan fingerprint density at radius 2 is 2.19 bits per heavy atom. The van der Waals surface area contributed by atoms with E-state index in [1.54, 1.807) is 13.0 Å². The lowest BCUT2D eigenvalue weighted by molar-refractivity contribution is -0.141. The largest absolute Gasteiger partial charge is 0.494 e. The third-order valence-corrected chi connectivity index (χ3v) is 4.25. The molecule has 0 saturated heterocycles. The third kappa shape index (κ3) is 5.31. The maximum absolute atomic E-state index is 12.3. The molecule has 1 aromatic carbocycles. The lowest BCUT2D eigenvalue weighted by Crippen LogP contribution is -2.34. The molecule has 0 fully saturated rings. The zero-order valence-corrected chi connectivity index (χ0v) is 16.1. The Balaban J connectivity index is 2.22. The molecule has 27 heavy (non-hydrogen) atoms. The van der Waals surface area contributed by atoms with Crippen molar-refractivity contribution in [1.82, 2.24) is 5.32 Å². The average molecular weight is 390 g/mol. The van der Waals surface area contributed by atoms with E-state index >= 15 is 0 Å². The van der Waals surface area contributed by atoms with E-state index < -0.39 is 5.97 Å². The van der Waals surface area contributed by atoms with Crippen molar-refractivity contribution in [2.45, 2.75) is 26.2 Å². The molecular weight excluding hydrogens is 368 g/mol. The number of esters is 1. The smallest absolute Gasteiger partial charge is 0.325 e. The number of amides is 1. The van der Waals surface area contributed by atoms with Gasteiger partial charge >= 0.3 is 5.97 Å². The van der Waals surface area contributed by atoms with E-state index in [9.17, 15) is 9.59 Å². The number of fused-ring (bicyclic) bond motifs is 1. The molecule has 2 rings (SSSR count). The van der Waals surface area contributed by atoms with Gasteiger partial charge in [0.15, 0.2) is 5.11 Å². The number of nitriles is 1. The minimum atomic E-state index is -0.402. The average Bonchev–Trinajstić information content (AvgIpc) is 2.79. The molecule has 144 valence electrons. The molecule has 8 nitrogen and oxygen atoms in total.